The fourth-order valence-corrected chi connectivity index (χ4v) is 2.85. The lowest BCUT2D eigenvalue weighted by molar-refractivity contribution is -0.136. The lowest BCUT2D eigenvalue weighted by Gasteiger charge is -2.35. The Morgan fingerprint density at radius 2 is 2.16 bits per heavy atom. The van der Waals surface area contributed by atoms with E-state index in [4.69, 9.17) is 22.7 Å². The van der Waals surface area contributed by atoms with Crippen molar-refractivity contribution < 1.29 is 14.3 Å². The van der Waals surface area contributed by atoms with Crippen LogP contribution in [0.25, 0.3) is 0 Å². The van der Waals surface area contributed by atoms with Crippen LogP contribution < -0.4 is 11.1 Å². The maximum absolute atomic E-state index is 12.5. The van der Waals surface area contributed by atoms with Gasteiger partial charge in [0.25, 0.3) is 0 Å². The number of rotatable bonds is 3. The number of nitrogens with two attached hydrogens (primary N) is 1. The Morgan fingerprint density at radius 1 is 1.53 bits per heavy atom. The number of thiocarbonyl (C=S) groups is 1. The molecule has 1 unspecified atom stereocenters. The molecule has 0 radical (unpaired) electrons. The van der Waals surface area contributed by atoms with Crippen molar-refractivity contribution in [1.29, 1.82) is 0 Å². The summed E-state index contributed by atoms with van der Waals surface area (Å²) in [5, 5.41) is 2.80. The van der Waals surface area contributed by atoms with E-state index in [0.717, 1.165) is 0 Å². The Labute approximate surface area is 117 Å². The summed E-state index contributed by atoms with van der Waals surface area (Å²) in [4.78, 5) is 26.1. The van der Waals surface area contributed by atoms with E-state index in [1.54, 1.807) is 11.9 Å². The molecule has 6 nitrogen and oxygen atoms in total. The Balaban J connectivity index is 2.08. The first-order valence-corrected chi connectivity index (χ1v) is 6.82. The third-order valence-corrected chi connectivity index (χ3v) is 4.38. The number of likely N-dealkylation sites (tertiary alicyclic amines) is 1. The maximum atomic E-state index is 12.5. The summed E-state index contributed by atoms with van der Waals surface area (Å²) in [6, 6.07) is -0.452. The van der Waals surface area contributed by atoms with E-state index >= 15 is 0 Å². The minimum absolute atomic E-state index is 0.0569. The summed E-state index contributed by atoms with van der Waals surface area (Å²) >= 11 is 5.06. The Kier molecular flexibility index (Phi) is 4.05. The molecule has 2 rings (SSSR count). The number of amides is 2. The number of nitrogens with zero attached hydrogens (tertiary/aromatic N) is 1. The lowest BCUT2D eigenvalue weighted by Crippen LogP contribution is -2.55. The molecule has 2 fully saturated rings. The van der Waals surface area contributed by atoms with Gasteiger partial charge in [0.1, 0.15) is 11.5 Å². The van der Waals surface area contributed by atoms with E-state index in [1.807, 2.05) is 0 Å². The third kappa shape index (κ3) is 2.57. The molecule has 0 saturated carbocycles. The fraction of sp³-hybridized carbons (Fsp3) is 0.750. The van der Waals surface area contributed by atoms with Crippen molar-refractivity contribution in [2.45, 2.75) is 25.3 Å². The predicted molar refractivity (Wildman–Crippen MR) is 73.5 cm³/mol. The Hall–Kier alpha value is -1.21. The average Bonchev–Trinajstić information content (AvgIpc) is 2.71. The zero-order valence-corrected chi connectivity index (χ0v) is 11.8. The monoisotopic (exact) mass is 285 g/mol. The van der Waals surface area contributed by atoms with E-state index in [2.05, 4.69) is 5.32 Å². The van der Waals surface area contributed by atoms with Gasteiger partial charge in [-0.25, -0.2) is 0 Å². The summed E-state index contributed by atoms with van der Waals surface area (Å²) in [6.45, 7) is 1.58. The first kappa shape index (κ1) is 14.2. The third-order valence-electron chi connectivity index (χ3n) is 3.99. The highest BCUT2D eigenvalue weighted by atomic mass is 32.1. The minimum atomic E-state index is -0.866. The van der Waals surface area contributed by atoms with E-state index in [0.29, 0.717) is 39.0 Å². The fourth-order valence-electron chi connectivity index (χ4n) is 2.56. The molecule has 0 aromatic heterocycles. The van der Waals surface area contributed by atoms with Gasteiger partial charge in [-0.15, -0.1) is 0 Å². The molecule has 2 aliphatic heterocycles. The SMILES string of the molecule is CN1CCC(NC(=O)C2(C(N)=S)CCOCC2)C1=O. The smallest absolute Gasteiger partial charge is 0.244 e. The van der Waals surface area contributed by atoms with Crippen LogP contribution in [0.5, 0.6) is 0 Å². The topological polar surface area (TPSA) is 84.7 Å². The van der Waals surface area contributed by atoms with Crippen molar-refractivity contribution in [3.8, 4) is 0 Å². The summed E-state index contributed by atoms with van der Waals surface area (Å²) in [7, 11) is 1.73. The van der Waals surface area contributed by atoms with Gasteiger partial charge in [0.05, 0.1) is 4.99 Å². The molecule has 1 atom stereocenters. The molecule has 0 aromatic rings. The van der Waals surface area contributed by atoms with Crippen molar-refractivity contribution in [3.05, 3.63) is 0 Å². The van der Waals surface area contributed by atoms with Gasteiger partial charge in [0.15, 0.2) is 0 Å². The highest BCUT2D eigenvalue weighted by Crippen LogP contribution is 2.31. The molecule has 2 saturated heterocycles. The quantitative estimate of drug-likeness (QED) is 0.678. The number of ether oxygens (including phenoxy) is 1. The molecule has 3 N–H and O–H groups in total. The molecule has 0 aliphatic carbocycles. The summed E-state index contributed by atoms with van der Waals surface area (Å²) in [5.41, 5.74) is 4.89. The van der Waals surface area contributed by atoms with Crippen molar-refractivity contribution in [2.24, 2.45) is 11.1 Å². The van der Waals surface area contributed by atoms with Crippen LogP contribution in [0.1, 0.15) is 19.3 Å². The standard InChI is InChI=1S/C12H19N3O3S/c1-15-5-2-8(9(15)16)14-11(17)12(10(13)19)3-6-18-7-4-12/h8H,2-7H2,1H3,(H2,13,19)(H,14,17). The van der Waals surface area contributed by atoms with Gasteiger partial charge in [-0.05, 0) is 19.3 Å². The summed E-state index contributed by atoms with van der Waals surface area (Å²) in [6.07, 6.45) is 1.58. The van der Waals surface area contributed by atoms with E-state index in [1.165, 1.54) is 0 Å². The number of hydrogen-bond acceptors (Lipinski definition) is 4. The number of hydrogen-bond donors (Lipinski definition) is 2. The second kappa shape index (κ2) is 5.42. The van der Waals surface area contributed by atoms with Crippen molar-refractivity contribution in [1.82, 2.24) is 10.2 Å². The molecular weight excluding hydrogens is 266 g/mol. The van der Waals surface area contributed by atoms with Gasteiger partial charge in [0.2, 0.25) is 11.8 Å². The first-order valence-electron chi connectivity index (χ1n) is 6.41. The second-order valence-corrected chi connectivity index (χ2v) is 5.57. The predicted octanol–water partition coefficient (Wildman–Crippen LogP) is -0.584. The molecule has 0 bridgehead atoms. The molecule has 2 aliphatic rings. The molecule has 7 heteroatoms. The molecule has 0 spiro atoms. The summed E-state index contributed by atoms with van der Waals surface area (Å²) < 4.78 is 5.26. The molecule has 19 heavy (non-hydrogen) atoms. The highest BCUT2D eigenvalue weighted by Gasteiger charge is 2.45. The van der Waals surface area contributed by atoms with Gasteiger partial charge in [0, 0.05) is 26.8 Å². The normalized spacial score (nSPS) is 26.3. The molecule has 2 heterocycles. The number of carbonyl (C=O) groups is 2. The van der Waals surface area contributed by atoms with Crippen LogP contribution in [-0.4, -0.2) is 54.6 Å². The van der Waals surface area contributed by atoms with Crippen molar-refractivity contribution in [2.75, 3.05) is 26.8 Å². The van der Waals surface area contributed by atoms with Crippen LogP contribution in [0.4, 0.5) is 0 Å². The second-order valence-electron chi connectivity index (χ2n) is 5.13. The van der Waals surface area contributed by atoms with E-state index in [9.17, 15) is 9.59 Å². The van der Waals surface area contributed by atoms with Crippen LogP contribution in [0.15, 0.2) is 0 Å². The molecule has 106 valence electrons. The highest BCUT2D eigenvalue weighted by molar-refractivity contribution is 7.80. The Morgan fingerprint density at radius 3 is 2.63 bits per heavy atom. The van der Waals surface area contributed by atoms with Gasteiger partial charge >= 0.3 is 0 Å². The van der Waals surface area contributed by atoms with Gasteiger partial charge in [-0.1, -0.05) is 12.2 Å². The van der Waals surface area contributed by atoms with Crippen molar-refractivity contribution >= 4 is 29.0 Å². The van der Waals surface area contributed by atoms with Crippen molar-refractivity contribution in [3.63, 3.8) is 0 Å². The number of likely N-dealkylation sites (N-methyl/N-ethyl adjacent to an activating group) is 1. The molecule has 2 amide bonds. The van der Waals surface area contributed by atoms with E-state index in [-0.39, 0.29) is 16.8 Å². The largest absolute Gasteiger partial charge is 0.392 e. The zero-order chi connectivity index (χ0) is 14.0. The van der Waals surface area contributed by atoms with Crippen LogP contribution >= 0.6 is 12.2 Å². The van der Waals surface area contributed by atoms with Gasteiger partial charge < -0.3 is 20.7 Å². The number of carbonyl (C=O) groups excluding carboxylic acids is 2. The molecular formula is C12H19N3O3S. The zero-order valence-electron chi connectivity index (χ0n) is 11.0. The van der Waals surface area contributed by atoms with Gasteiger partial charge in [-0.3, -0.25) is 9.59 Å². The average molecular weight is 285 g/mol. The Bertz CT molecular complexity index is 407. The summed E-state index contributed by atoms with van der Waals surface area (Å²) in [5.74, 6) is -0.296. The van der Waals surface area contributed by atoms with Gasteiger partial charge in [-0.2, -0.15) is 0 Å². The van der Waals surface area contributed by atoms with Crippen LogP contribution in [-0.2, 0) is 14.3 Å². The lowest BCUT2D eigenvalue weighted by atomic mass is 9.79. The van der Waals surface area contributed by atoms with Crippen LogP contribution in [0, 0.1) is 5.41 Å². The number of nitrogens with one attached hydrogen (secondary N) is 1. The first-order chi connectivity index (χ1) is 8.97. The minimum Gasteiger partial charge on any atom is -0.392 e. The maximum Gasteiger partial charge on any atom is 0.244 e. The van der Waals surface area contributed by atoms with Crippen LogP contribution in [0.2, 0.25) is 0 Å². The van der Waals surface area contributed by atoms with E-state index < -0.39 is 11.5 Å². The molecule has 0 aromatic carbocycles. The van der Waals surface area contributed by atoms with Crippen LogP contribution in [0.3, 0.4) is 0 Å².